The van der Waals surface area contributed by atoms with Crippen molar-refractivity contribution in [2.75, 3.05) is 19.6 Å². The maximum absolute atomic E-state index is 13.2. The van der Waals surface area contributed by atoms with Gasteiger partial charge < -0.3 is 14.8 Å². The summed E-state index contributed by atoms with van der Waals surface area (Å²) in [4.78, 5) is 31.7. The number of nitrogens with one attached hydrogen (secondary N) is 1. The number of pyridine rings is 1. The summed E-state index contributed by atoms with van der Waals surface area (Å²) in [6.45, 7) is 7.84. The van der Waals surface area contributed by atoms with Gasteiger partial charge >= 0.3 is 0 Å². The second-order valence-electron chi connectivity index (χ2n) is 7.19. The predicted molar refractivity (Wildman–Crippen MR) is 105 cm³/mol. The maximum atomic E-state index is 13.2. The van der Waals surface area contributed by atoms with Crippen LogP contribution in [0.3, 0.4) is 0 Å². The molecule has 1 aliphatic rings. The van der Waals surface area contributed by atoms with Crippen molar-refractivity contribution in [3.8, 4) is 5.82 Å². The Morgan fingerprint density at radius 2 is 2.11 bits per heavy atom. The number of likely N-dealkylation sites (tertiary alicyclic amines) is 1. The van der Waals surface area contributed by atoms with Crippen molar-refractivity contribution in [2.24, 2.45) is 5.92 Å². The zero-order valence-electron chi connectivity index (χ0n) is 16.4. The van der Waals surface area contributed by atoms with Crippen LogP contribution >= 0.6 is 0 Å². The van der Waals surface area contributed by atoms with E-state index < -0.39 is 0 Å². The van der Waals surface area contributed by atoms with Gasteiger partial charge in [0, 0.05) is 37.2 Å². The van der Waals surface area contributed by atoms with Gasteiger partial charge in [0.2, 0.25) is 5.91 Å². The molecule has 1 atom stereocenters. The third-order valence-electron chi connectivity index (χ3n) is 5.17. The summed E-state index contributed by atoms with van der Waals surface area (Å²) >= 11 is 0. The molecule has 1 saturated heterocycles. The van der Waals surface area contributed by atoms with Gasteiger partial charge in [-0.15, -0.1) is 0 Å². The Bertz CT molecular complexity index is 813. The zero-order chi connectivity index (χ0) is 19.4. The lowest BCUT2D eigenvalue weighted by Crippen LogP contribution is -2.45. The van der Waals surface area contributed by atoms with E-state index in [-0.39, 0.29) is 17.7 Å². The molecule has 3 heterocycles. The van der Waals surface area contributed by atoms with E-state index in [1.165, 1.54) is 0 Å². The number of nitrogens with zero attached hydrogens (tertiary/aromatic N) is 3. The average molecular weight is 368 g/mol. The molecular weight excluding hydrogens is 340 g/mol. The third kappa shape index (κ3) is 4.04. The van der Waals surface area contributed by atoms with Gasteiger partial charge in [0.25, 0.3) is 5.91 Å². The molecule has 6 heteroatoms. The van der Waals surface area contributed by atoms with Crippen molar-refractivity contribution < 1.29 is 9.59 Å². The largest absolute Gasteiger partial charge is 0.356 e. The van der Waals surface area contributed by atoms with E-state index in [0.29, 0.717) is 25.2 Å². The van der Waals surface area contributed by atoms with Crippen LogP contribution in [-0.2, 0) is 4.79 Å². The topological polar surface area (TPSA) is 67.2 Å². The molecular formula is C21H28N4O2. The predicted octanol–water partition coefficient (Wildman–Crippen LogP) is 2.87. The summed E-state index contributed by atoms with van der Waals surface area (Å²) in [5, 5.41) is 2.96. The number of rotatable bonds is 5. The minimum atomic E-state index is -0.117. The summed E-state index contributed by atoms with van der Waals surface area (Å²) < 4.78 is 2.00. The van der Waals surface area contributed by atoms with E-state index in [0.717, 1.165) is 36.5 Å². The lowest BCUT2D eigenvalue weighted by atomic mass is 9.96. The van der Waals surface area contributed by atoms with E-state index in [4.69, 9.17) is 0 Å². The van der Waals surface area contributed by atoms with Crippen LogP contribution in [0.15, 0.2) is 30.5 Å². The fraction of sp³-hybridized carbons (Fsp3) is 0.476. The molecule has 1 unspecified atom stereocenters. The summed E-state index contributed by atoms with van der Waals surface area (Å²) in [7, 11) is 0. The summed E-state index contributed by atoms with van der Waals surface area (Å²) in [5.74, 6) is 0.752. The first-order chi connectivity index (χ1) is 13.0. The van der Waals surface area contributed by atoms with E-state index in [1.54, 1.807) is 6.20 Å². The quantitative estimate of drug-likeness (QED) is 0.882. The minimum absolute atomic E-state index is 0.00160. The highest BCUT2D eigenvalue weighted by atomic mass is 16.2. The molecule has 0 aliphatic carbocycles. The Kier molecular flexibility index (Phi) is 5.94. The Hall–Kier alpha value is -2.63. The molecule has 2 aromatic heterocycles. The molecule has 0 saturated carbocycles. The average Bonchev–Trinajstić information content (AvgIpc) is 3.00. The van der Waals surface area contributed by atoms with E-state index in [1.807, 2.05) is 54.5 Å². The molecule has 0 spiro atoms. The molecule has 6 nitrogen and oxygen atoms in total. The van der Waals surface area contributed by atoms with Gasteiger partial charge in [0.05, 0.1) is 11.5 Å². The molecule has 2 aromatic rings. The number of hydrogen-bond donors (Lipinski definition) is 1. The van der Waals surface area contributed by atoms with E-state index in [9.17, 15) is 9.59 Å². The standard InChI is InChI=1S/C21H28N4O2/c1-4-10-23-20(26)17-8-7-12-24(14-17)21(27)18-13-15(2)25(16(18)3)19-9-5-6-11-22-19/h5-6,9,11,13,17H,4,7-8,10,12,14H2,1-3H3,(H,23,26). The molecule has 1 fully saturated rings. The van der Waals surface area contributed by atoms with E-state index >= 15 is 0 Å². The molecule has 144 valence electrons. The number of aryl methyl sites for hydroxylation is 1. The highest BCUT2D eigenvalue weighted by molar-refractivity contribution is 5.96. The van der Waals surface area contributed by atoms with Crippen molar-refractivity contribution in [3.05, 3.63) is 47.4 Å². The molecule has 1 aliphatic heterocycles. The number of amides is 2. The first-order valence-electron chi connectivity index (χ1n) is 9.70. The first-order valence-corrected chi connectivity index (χ1v) is 9.70. The molecule has 27 heavy (non-hydrogen) atoms. The van der Waals surface area contributed by atoms with Gasteiger partial charge in [-0.3, -0.25) is 9.59 Å². The number of aromatic nitrogens is 2. The van der Waals surface area contributed by atoms with Gasteiger partial charge in [-0.25, -0.2) is 4.98 Å². The van der Waals surface area contributed by atoms with E-state index in [2.05, 4.69) is 10.3 Å². The van der Waals surface area contributed by atoms with Crippen LogP contribution < -0.4 is 5.32 Å². The van der Waals surface area contributed by atoms with Gasteiger partial charge in [0.15, 0.2) is 0 Å². The number of hydrogen-bond acceptors (Lipinski definition) is 3. The summed E-state index contributed by atoms with van der Waals surface area (Å²) in [6, 6.07) is 7.67. The smallest absolute Gasteiger partial charge is 0.255 e. The van der Waals surface area contributed by atoms with Crippen LogP contribution in [0.25, 0.3) is 5.82 Å². The fourth-order valence-electron chi connectivity index (χ4n) is 3.76. The van der Waals surface area contributed by atoms with Crippen molar-refractivity contribution in [2.45, 2.75) is 40.0 Å². The Labute approximate surface area is 160 Å². The molecule has 0 aromatic carbocycles. The van der Waals surface area contributed by atoms with Crippen LogP contribution in [0, 0.1) is 19.8 Å². The highest BCUT2D eigenvalue weighted by Crippen LogP contribution is 2.24. The Morgan fingerprint density at radius 1 is 1.30 bits per heavy atom. The van der Waals surface area contributed by atoms with Crippen molar-refractivity contribution in [1.82, 2.24) is 19.8 Å². The van der Waals surface area contributed by atoms with Crippen LogP contribution in [0.5, 0.6) is 0 Å². The SMILES string of the molecule is CCCNC(=O)C1CCCN(C(=O)c2cc(C)n(-c3ccccn3)c2C)C1. The first kappa shape index (κ1) is 19.1. The van der Waals surface area contributed by atoms with Gasteiger partial charge in [0.1, 0.15) is 5.82 Å². The van der Waals surface area contributed by atoms with Crippen molar-refractivity contribution >= 4 is 11.8 Å². The molecule has 1 N–H and O–H groups in total. The lowest BCUT2D eigenvalue weighted by molar-refractivity contribution is -0.126. The lowest BCUT2D eigenvalue weighted by Gasteiger charge is -2.32. The third-order valence-corrected chi connectivity index (χ3v) is 5.17. The monoisotopic (exact) mass is 368 g/mol. The van der Waals surface area contributed by atoms with Gasteiger partial charge in [-0.05, 0) is 51.3 Å². The number of carbonyl (C=O) groups is 2. The minimum Gasteiger partial charge on any atom is -0.356 e. The van der Waals surface area contributed by atoms with Crippen molar-refractivity contribution in [3.63, 3.8) is 0 Å². The maximum Gasteiger partial charge on any atom is 0.255 e. The van der Waals surface area contributed by atoms with Crippen molar-refractivity contribution in [1.29, 1.82) is 0 Å². The molecule has 3 rings (SSSR count). The van der Waals surface area contributed by atoms with Gasteiger partial charge in [-0.1, -0.05) is 13.0 Å². The number of piperidine rings is 1. The summed E-state index contributed by atoms with van der Waals surface area (Å²) in [5.41, 5.74) is 2.55. The highest BCUT2D eigenvalue weighted by Gasteiger charge is 2.30. The Morgan fingerprint density at radius 3 is 2.81 bits per heavy atom. The van der Waals surface area contributed by atoms with Gasteiger partial charge in [-0.2, -0.15) is 0 Å². The normalized spacial score (nSPS) is 17.0. The molecule has 0 radical (unpaired) electrons. The zero-order valence-corrected chi connectivity index (χ0v) is 16.4. The van der Waals surface area contributed by atoms with Crippen LogP contribution in [-0.4, -0.2) is 45.9 Å². The second-order valence-corrected chi connectivity index (χ2v) is 7.19. The second kappa shape index (κ2) is 8.37. The molecule has 0 bridgehead atoms. The van der Waals surface area contributed by atoms with Crippen LogP contribution in [0.4, 0.5) is 0 Å². The number of carbonyl (C=O) groups excluding carboxylic acids is 2. The van der Waals surface area contributed by atoms with Crippen LogP contribution in [0.1, 0.15) is 47.9 Å². The van der Waals surface area contributed by atoms with Crippen LogP contribution in [0.2, 0.25) is 0 Å². The molecule has 2 amide bonds. The summed E-state index contributed by atoms with van der Waals surface area (Å²) in [6.07, 6.45) is 4.36. The fourth-order valence-corrected chi connectivity index (χ4v) is 3.76. The Balaban J connectivity index is 1.79.